The van der Waals surface area contributed by atoms with E-state index in [9.17, 15) is 4.79 Å². The van der Waals surface area contributed by atoms with Gasteiger partial charge in [-0.25, -0.2) is 0 Å². The van der Waals surface area contributed by atoms with Gasteiger partial charge in [0.1, 0.15) is 5.01 Å². The van der Waals surface area contributed by atoms with Gasteiger partial charge < -0.3 is 5.32 Å². The van der Waals surface area contributed by atoms with Gasteiger partial charge in [0.05, 0.1) is 6.42 Å². The molecule has 1 heterocycles. The Bertz CT molecular complexity index is 848. The third-order valence-electron chi connectivity index (χ3n) is 3.77. The van der Waals surface area contributed by atoms with E-state index in [1.165, 1.54) is 28.0 Å². The molecule has 0 radical (unpaired) electrons. The first-order valence-corrected chi connectivity index (χ1v) is 8.60. The van der Waals surface area contributed by atoms with Crippen LogP contribution in [-0.4, -0.2) is 16.1 Å². The Morgan fingerprint density at radius 1 is 1.04 bits per heavy atom. The Morgan fingerprint density at radius 3 is 2.38 bits per heavy atom. The zero-order chi connectivity index (χ0) is 17.1. The molecule has 0 atom stereocenters. The lowest BCUT2D eigenvalue weighted by atomic mass is 10.0. The van der Waals surface area contributed by atoms with Crippen molar-refractivity contribution in [3.05, 3.63) is 64.7 Å². The van der Waals surface area contributed by atoms with Gasteiger partial charge >= 0.3 is 0 Å². The molecule has 2 aromatic carbocycles. The highest BCUT2D eigenvalue weighted by Crippen LogP contribution is 2.32. The van der Waals surface area contributed by atoms with Crippen molar-refractivity contribution in [1.29, 1.82) is 0 Å². The second kappa shape index (κ2) is 6.93. The van der Waals surface area contributed by atoms with Gasteiger partial charge in [-0.15, -0.1) is 10.2 Å². The van der Waals surface area contributed by atoms with Crippen LogP contribution in [0, 0.1) is 20.8 Å². The number of carbonyl (C=O) groups excluding carboxylic acids is 1. The van der Waals surface area contributed by atoms with Crippen LogP contribution < -0.4 is 5.32 Å². The highest BCUT2D eigenvalue weighted by molar-refractivity contribution is 7.18. The van der Waals surface area contributed by atoms with Crippen molar-refractivity contribution < 1.29 is 4.79 Å². The molecule has 0 aliphatic carbocycles. The van der Waals surface area contributed by atoms with E-state index in [0.29, 0.717) is 11.6 Å². The van der Waals surface area contributed by atoms with E-state index in [2.05, 4.69) is 48.4 Å². The van der Waals surface area contributed by atoms with Gasteiger partial charge in [-0.3, -0.25) is 4.79 Å². The summed E-state index contributed by atoms with van der Waals surface area (Å²) in [5.41, 5.74) is 5.65. The van der Waals surface area contributed by atoms with Gasteiger partial charge in [-0.2, -0.15) is 0 Å². The summed E-state index contributed by atoms with van der Waals surface area (Å²) in [6, 6.07) is 13.9. The SMILES string of the molecule is Cc1cc(C)c(-c2nnc(NC(=O)Cc3ccccc3)s2)c(C)c1. The van der Waals surface area contributed by atoms with Gasteiger partial charge in [-0.05, 0) is 37.5 Å². The van der Waals surface area contributed by atoms with Crippen molar-refractivity contribution in [1.82, 2.24) is 10.2 Å². The fourth-order valence-electron chi connectivity index (χ4n) is 2.84. The first-order chi connectivity index (χ1) is 11.5. The Labute approximate surface area is 145 Å². The number of anilines is 1. The largest absolute Gasteiger partial charge is 0.300 e. The van der Waals surface area contributed by atoms with E-state index in [1.54, 1.807) is 0 Å². The van der Waals surface area contributed by atoms with Crippen LogP contribution in [0.15, 0.2) is 42.5 Å². The van der Waals surface area contributed by atoms with Gasteiger partial charge in [-0.1, -0.05) is 59.4 Å². The third-order valence-corrected chi connectivity index (χ3v) is 4.63. The second-order valence-electron chi connectivity index (χ2n) is 5.90. The second-order valence-corrected chi connectivity index (χ2v) is 6.87. The summed E-state index contributed by atoms with van der Waals surface area (Å²) in [7, 11) is 0. The maximum Gasteiger partial charge on any atom is 0.230 e. The Hall–Kier alpha value is -2.53. The van der Waals surface area contributed by atoms with Crippen molar-refractivity contribution in [2.45, 2.75) is 27.2 Å². The van der Waals surface area contributed by atoms with Gasteiger partial charge in [0, 0.05) is 5.56 Å². The number of carbonyl (C=O) groups is 1. The van der Waals surface area contributed by atoms with Crippen LogP contribution in [0.4, 0.5) is 5.13 Å². The molecule has 0 fully saturated rings. The van der Waals surface area contributed by atoms with Crippen LogP contribution in [0.3, 0.4) is 0 Å². The van der Waals surface area contributed by atoms with E-state index >= 15 is 0 Å². The molecule has 1 N–H and O–H groups in total. The molecule has 5 heteroatoms. The summed E-state index contributed by atoms with van der Waals surface area (Å²) in [6.07, 6.45) is 0.332. The highest BCUT2D eigenvalue weighted by Gasteiger charge is 2.14. The average Bonchev–Trinajstić information content (AvgIpc) is 2.95. The number of hydrogen-bond donors (Lipinski definition) is 1. The van der Waals surface area contributed by atoms with Crippen LogP contribution in [0.2, 0.25) is 0 Å². The predicted molar refractivity (Wildman–Crippen MR) is 98.3 cm³/mol. The highest BCUT2D eigenvalue weighted by atomic mass is 32.1. The molecule has 1 amide bonds. The lowest BCUT2D eigenvalue weighted by Crippen LogP contribution is -2.14. The molecule has 4 nitrogen and oxygen atoms in total. The van der Waals surface area contributed by atoms with E-state index in [1.807, 2.05) is 30.3 Å². The molecule has 24 heavy (non-hydrogen) atoms. The molecule has 0 bridgehead atoms. The minimum atomic E-state index is -0.0822. The summed E-state index contributed by atoms with van der Waals surface area (Å²) in [5, 5.41) is 12.6. The average molecular weight is 337 g/mol. The Kier molecular flexibility index (Phi) is 4.71. The van der Waals surface area contributed by atoms with Crippen LogP contribution in [0.5, 0.6) is 0 Å². The fourth-order valence-corrected chi connectivity index (χ4v) is 3.77. The molecule has 122 valence electrons. The lowest BCUT2D eigenvalue weighted by Gasteiger charge is -2.07. The summed E-state index contributed by atoms with van der Waals surface area (Å²) in [5.74, 6) is -0.0822. The molecule has 1 aromatic heterocycles. The minimum Gasteiger partial charge on any atom is -0.300 e. The number of aryl methyl sites for hydroxylation is 3. The first-order valence-electron chi connectivity index (χ1n) is 7.78. The van der Waals surface area contributed by atoms with Crippen molar-refractivity contribution in [2.24, 2.45) is 0 Å². The summed E-state index contributed by atoms with van der Waals surface area (Å²) >= 11 is 1.40. The fraction of sp³-hybridized carbons (Fsp3) is 0.211. The standard InChI is InChI=1S/C19H19N3OS/c1-12-9-13(2)17(14(3)10-12)18-21-22-19(24-18)20-16(23)11-15-7-5-4-6-8-15/h4-10H,11H2,1-3H3,(H,20,22,23). The Morgan fingerprint density at radius 2 is 1.71 bits per heavy atom. The molecule has 0 saturated carbocycles. The quantitative estimate of drug-likeness (QED) is 0.772. The van der Waals surface area contributed by atoms with Crippen LogP contribution in [-0.2, 0) is 11.2 Å². The predicted octanol–water partition coefficient (Wildman–Crippen LogP) is 4.31. The number of nitrogens with one attached hydrogen (secondary N) is 1. The zero-order valence-corrected chi connectivity index (χ0v) is 14.8. The summed E-state index contributed by atoms with van der Waals surface area (Å²) in [6.45, 7) is 6.23. The normalized spacial score (nSPS) is 10.6. The van der Waals surface area contributed by atoms with Gasteiger partial charge in [0.25, 0.3) is 0 Å². The maximum atomic E-state index is 12.1. The molecular formula is C19H19N3OS. The summed E-state index contributed by atoms with van der Waals surface area (Å²) < 4.78 is 0. The molecule has 0 spiro atoms. The number of aromatic nitrogens is 2. The zero-order valence-electron chi connectivity index (χ0n) is 14.0. The lowest BCUT2D eigenvalue weighted by molar-refractivity contribution is -0.115. The van der Waals surface area contributed by atoms with Crippen molar-refractivity contribution in [3.8, 4) is 10.6 Å². The molecule has 3 aromatic rings. The topological polar surface area (TPSA) is 54.9 Å². The number of rotatable bonds is 4. The third kappa shape index (κ3) is 3.68. The van der Waals surface area contributed by atoms with Crippen LogP contribution in [0.1, 0.15) is 22.3 Å². The van der Waals surface area contributed by atoms with E-state index in [0.717, 1.165) is 16.1 Å². The molecule has 0 aliphatic rings. The van der Waals surface area contributed by atoms with Crippen molar-refractivity contribution in [2.75, 3.05) is 5.32 Å². The number of amides is 1. The van der Waals surface area contributed by atoms with E-state index in [4.69, 9.17) is 0 Å². The van der Waals surface area contributed by atoms with Gasteiger partial charge in [0.15, 0.2) is 0 Å². The molecule has 0 saturated heterocycles. The number of hydrogen-bond acceptors (Lipinski definition) is 4. The van der Waals surface area contributed by atoms with E-state index < -0.39 is 0 Å². The number of benzene rings is 2. The molecule has 3 rings (SSSR count). The van der Waals surface area contributed by atoms with Crippen LogP contribution >= 0.6 is 11.3 Å². The Balaban J connectivity index is 1.76. The number of nitrogens with zero attached hydrogens (tertiary/aromatic N) is 2. The molecule has 0 unspecified atom stereocenters. The monoisotopic (exact) mass is 337 g/mol. The first kappa shape index (κ1) is 16.3. The van der Waals surface area contributed by atoms with Gasteiger partial charge in [0.2, 0.25) is 11.0 Å². The van der Waals surface area contributed by atoms with Crippen LogP contribution in [0.25, 0.3) is 10.6 Å². The van der Waals surface area contributed by atoms with Crippen molar-refractivity contribution in [3.63, 3.8) is 0 Å². The smallest absolute Gasteiger partial charge is 0.230 e. The molecule has 0 aliphatic heterocycles. The van der Waals surface area contributed by atoms with E-state index in [-0.39, 0.29) is 5.91 Å². The summed E-state index contributed by atoms with van der Waals surface area (Å²) in [4.78, 5) is 12.1. The minimum absolute atomic E-state index is 0.0822. The maximum absolute atomic E-state index is 12.1. The molecular weight excluding hydrogens is 318 g/mol. The van der Waals surface area contributed by atoms with Crippen molar-refractivity contribution >= 4 is 22.4 Å².